The molecule has 0 aliphatic carbocycles. The van der Waals surface area contributed by atoms with E-state index in [0.717, 1.165) is 22.0 Å². The van der Waals surface area contributed by atoms with Gasteiger partial charge in [-0.15, -0.1) is 0 Å². The van der Waals surface area contributed by atoms with E-state index >= 15 is 0 Å². The topological polar surface area (TPSA) is 58.2 Å². The summed E-state index contributed by atoms with van der Waals surface area (Å²) in [5, 5.41) is 6.50. The Labute approximate surface area is 167 Å². The van der Waals surface area contributed by atoms with Crippen molar-refractivity contribution in [3.05, 3.63) is 69.2 Å². The van der Waals surface area contributed by atoms with Crippen molar-refractivity contribution < 1.29 is 9.59 Å². The maximum atomic E-state index is 12.6. The molecule has 0 spiro atoms. The van der Waals surface area contributed by atoms with Crippen molar-refractivity contribution in [3.63, 3.8) is 0 Å². The fraction of sp³-hybridized carbons (Fsp3) is 0.300. The van der Waals surface area contributed by atoms with E-state index in [9.17, 15) is 9.59 Å². The monoisotopic (exact) mass is 436 g/mol. The van der Waals surface area contributed by atoms with Gasteiger partial charge < -0.3 is 10.6 Å². The van der Waals surface area contributed by atoms with Gasteiger partial charge in [0.2, 0.25) is 11.8 Å². The van der Waals surface area contributed by atoms with Gasteiger partial charge >= 0.3 is 0 Å². The lowest BCUT2D eigenvalue weighted by atomic mass is 10.0. The summed E-state index contributed by atoms with van der Waals surface area (Å²) in [4.78, 5) is 24.1. The van der Waals surface area contributed by atoms with Crippen LogP contribution in [0, 0.1) is 0 Å². The van der Waals surface area contributed by atoms with E-state index in [4.69, 9.17) is 11.6 Å². The van der Waals surface area contributed by atoms with Crippen molar-refractivity contribution in [2.45, 2.75) is 38.8 Å². The average Bonchev–Trinajstić information content (AvgIpc) is 2.60. The van der Waals surface area contributed by atoms with Gasteiger partial charge in [-0.1, -0.05) is 58.7 Å². The Bertz CT molecular complexity index is 747. The van der Waals surface area contributed by atoms with Gasteiger partial charge in [-0.25, -0.2) is 0 Å². The third-order valence-electron chi connectivity index (χ3n) is 4.06. The van der Waals surface area contributed by atoms with Gasteiger partial charge in [-0.2, -0.15) is 0 Å². The number of rotatable bonds is 7. The maximum Gasteiger partial charge on any atom is 0.222 e. The van der Waals surface area contributed by atoms with Crippen molar-refractivity contribution in [2.24, 2.45) is 0 Å². The molecule has 138 valence electrons. The van der Waals surface area contributed by atoms with Crippen LogP contribution < -0.4 is 10.6 Å². The quantitative estimate of drug-likeness (QED) is 0.645. The average molecular weight is 438 g/mol. The first-order valence-electron chi connectivity index (χ1n) is 8.46. The summed E-state index contributed by atoms with van der Waals surface area (Å²) in [5.74, 6) is -0.300. The van der Waals surface area contributed by atoms with Crippen LogP contribution in [0.4, 0.5) is 0 Å². The molecule has 2 aromatic carbocycles. The minimum Gasteiger partial charge on any atom is -0.349 e. The summed E-state index contributed by atoms with van der Waals surface area (Å²) in [7, 11) is 0. The zero-order valence-corrected chi connectivity index (χ0v) is 17.1. The molecular formula is C20H22BrClN2O2. The molecule has 0 heterocycles. The molecule has 0 bridgehead atoms. The van der Waals surface area contributed by atoms with Crippen molar-refractivity contribution in [1.29, 1.82) is 0 Å². The van der Waals surface area contributed by atoms with E-state index in [1.54, 1.807) is 12.1 Å². The third kappa shape index (κ3) is 6.15. The van der Waals surface area contributed by atoms with Crippen LogP contribution in [-0.2, 0) is 9.59 Å². The number of hydrogen-bond donors (Lipinski definition) is 2. The van der Waals surface area contributed by atoms with Crippen LogP contribution in [0.3, 0.4) is 0 Å². The van der Waals surface area contributed by atoms with E-state index in [1.165, 1.54) is 6.92 Å². The van der Waals surface area contributed by atoms with E-state index < -0.39 is 6.04 Å². The summed E-state index contributed by atoms with van der Waals surface area (Å²) in [5.41, 5.74) is 1.89. The molecule has 4 nitrogen and oxygen atoms in total. The largest absolute Gasteiger partial charge is 0.349 e. The molecule has 0 aliphatic rings. The molecule has 6 heteroatoms. The number of hydrogen-bond acceptors (Lipinski definition) is 2. The van der Waals surface area contributed by atoms with Gasteiger partial charge in [-0.3, -0.25) is 9.59 Å². The summed E-state index contributed by atoms with van der Waals surface area (Å²) < 4.78 is 0.996. The molecule has 0 aliphatic heterocycles. The molecule has 26 heavy (non-hydrogen) atoms. The van der Waals surface area contributed by atoms with Gasteiger partial charge in [0.25, 0.3) is 0 Å². The first-order valence-corrected chi connectivity index (χ1v) is 9.63. The molecule has 0 saturated carbocycles. The second kappa shape index (κ2) is 9.74. The minimum atomic E-state index is -0.396. The number of carbonyl (C=O) groups is 2. The van der Waals surface area contributed by atoms with Crippen molar-refractivity contribution in [1.82, 2.24) is 10.6 Å². The van der Waals surface area contributed by atoms with Crippen LogP contribution in [0.25, 0.3) is 0 Å². The second-order valence-corrected chi connectivity index (χ2v) is 7.44. The molecule has 2 atom stereocenters. The Morgan fingerprint density at radius 2 is 1.50 bits per heavy atom. The number of halogens is 2. The Hall–Kier alpha value is -1.85. The van der Waals surface area contributed by atoms with E-state index in [1.807, 2.05) is 43.3 Å². The van der Waals surface area contributed by atoms with Crippen LogP contribution in [0.1, 0.15) is 49.9 Å². The standard InChI is InChI=1S/C20H22BrClN2O2/c1-3-18(14-4-8-16(21)9-5-14)24-20(26)12-19(23-13(2)25)15-6-10-17(22)11-7-15/h4-11,18-19H,3,12H2,1-2H3,(H,23,25)(H,24,26). The van der Waals surface area contributed by atoms with Crippen LogP contribution in [0.15, 0.2) is 53.0 Å². The fourth-order valence-corrected chi connectivity index (χ4v) is 3.14. The molecule has 2 aromatic rings. The van der Waals surface area contributed by atoms with E-state index in [-0.39, 0.29) is 24.3 Å². The molecular weight excluding hydrogens is 416 g/mol. The second-order valence-electron chi connectivity index (χ2n) is 6.09. The zero-order chi connectivity index (χ0) is 19.1. The molecule has 2 amide bonds. The van der Waals surface area contributed by atoms with Gasteiger partial charge in [0.05, 0.1) is 18.5 Å². The minimum absolute atomic E-state index is 0.0706. The first-order chi connectivity index (χ1) is 12.4. The number of benzene rings is 2. The third-order valence-corrected chi connectivity index (χ3v) is 4.84. The van der Waals surface area contributed by atoms with Crippen LogP contribution in [0.2, 0.25) is 5.02 Å². The number of carbonyl (C=O) groups excluding carboxylic acids is 2. The molecule has 0 aromatic heterocycles. The fourth-order valence-electron chi connectivity index (χ4n) is 2.75. The van der Waals surface area contributed by atoms with Gasteiger partial charge in [0.1, 0.15) is 0 Å². The molecule has 0 radical (unpaired) electrons. The Morgan fingerprint density at radius 3 is 2.04 bits per heavy atom. The SMILES string of the molecule is CCC(NC(=O)CC(NC(C)=O)c1ccc(Cl)cc1)c1ccc(Br)cc1. The molecule has 0 saturated heterocycles. The molecule has 0 fully saturated rings. The highest BCUT2D eigenvalue weighted by atomic mass is 79.9. The maximum absolute atomic E-state index is 12.6. The Kier molecular flexibility index (Phi) is 7.66. The first kappa shape index (κ1) is 20.5. The van der Waals surface area contributed by atoms with Crippen LogP contribution in [0.5, 0.6) is 0 Å². The van der Waals surface area contributed by atoms with Gasteiger partial charge in [-0.05, 0) is 41.8 Å². The molecule has 2 rings (SSSR count). The zero-order valence-electron chi connectivity index (χ0n) is 14.8. The Balaban J connectivity index is 2.08. The Morgan fingerprint density at radius 1 is 0.962 bits per heavy atom. The van der Waals surface area contributed by atoms with Crippen molar-refractivity contribution in [3.8, 4) is 0 Å². The highest BCUT2D eigenvalue weighted by molar-refractivity contribution is 9.10. The lowest BCUT2D eigenvalue weighted by Gasteiger charge is -2.22. The van der Waals surface area contributed by atoms with Crippen LogP contribution >= 0.6 is 27.5 Å². The van der Waals surface area contributed by atoms with Crippen molar-refractivity contribution >= 4 is 39.3 Å². The number of nitrogens with one attached hydrogen (secondary N) is 2. The summed E-state index contributed by atoms with van der Waals surface area (Å²) in [6.45, 7) is 3.47. The smallest absolute Gasteiger partial charge is 0.222 e. The summed E-state index contributed by atoms with van der Waals surface area (Å²) in [6.07, 6.45) is 0.938. The van der Waals surface area contributed by atoms with Gasteiger partial charge in [0, 0.05) is 16.4 Å². The normalized spacial score (nSPS) is 12.9. The predicted molar refractivity (Wildman–Crippen MR) is 108 cm³/mol. The lowest BCUT2D eigenvalue weighted by molar-refractivity contribution is -0.123. The van der Waals surface area contributed by atoms with Crippen LogP contribution in [-0.4, -0.2) is 11.8 Å². The van der Waals surface area contributed by atoms with Crippen molar-refractivity contribution in [2.75, 3.05) is 0 Å². The highest BCUT2D eigenvalue weighted by Crippen LogP contribution is 2.22. The summed E-state index contributed by atoms with van der Waals surface area (Å²) >= 11 is 9.34. The molecule has 2 N–H and O–H groups in total. The van der Waals surface area contributed by atoms with E-state index in [0.29, 0.717) is 5.02 Å². The van der Waals surface area contributed by atoms with Gasteiger partial charge in [0.15, 0.2) is 0 Å². The highest BCUT2D eigenvalue weighted by Gasteiger charge is 2.19. The van der Waals surface area contributed by atoms with E-state index in [2.05, 4.69) is 26.6 Å². The number of amides is 2. The summed E-state index contributed by atoms with van der Waals surface area (Å²) in [6, 6.07) is 14.6. The lowest BCUT2D eigenvalue weighted by Crippen LogP contribution is -2.34. The predicted octanol–water partition coefficient (Wildman–Crippen LogP) is 4.94. The molecule has 2 unspecified atom stereocenters.